The fraction of sp³-hybridized carbons (Fsp3) is 0.128. The van der Waals surface area contributed by atoms with Gasteiger partial charge in [0, 0.05) is 46.8 Å². The fourth-order valence-electron chi connectivity index (χ4n) is 6.04. The second kappa shape index (κ2) is 12.2. The summed E-state index contributed by atoms with van der Waals surface area (Å²) in [6, 6.07) is 39.5. The van der Waals surface area contributed by atoms with Gasteiger partial charge in [0.1, 0.15) is 6.54 Å². The molecule has 6 aromatic rings. The predicted molar refractivity (Wildman–Crippen MR) is 177 cm³/mol. The molecular formula is C39H36N3+. The van der Waals surface area contributed by atoms with Crippen LogP contribution in [0.2, 0.25) is 0 Å². The minimum Gasteiger partial charge on any atom is -0.309 e. The Bertz CT molecular complexity index is 1900. The van der Waals surface area contributed by atoms with E-state index in [-0.39, 0.29) is 0 Å². The van der Waals surface area contributed by atoms with Gasteiger partial charge in [0.2, 0.25) is 5.69 Å². The Hall–Kier alpha value is -5.02. The summed E-state index contributed by atoms with van der Waals surface area (Å²) in [6.07, 6.45) is 9.76. The number of hydrogen-bond acceptors (Lipinski definition) is 1. The molecule has 0 radical (unpaired) electrons. The van der Waals surface area contributed by atoms with Crippen LogP contribution in [0.25, 0.3) is 38.8 Å². The molecule has 0 amide bonds. The van der Waals surface area contributed by atoms with Crippen molar-refractivity contribution in [2.24, 2.45) is 4.99 Å². The molecule has 0 bridgehead atoms. The lowest BCUT2D eigenvalue weighted by Gasteiger charge is -2.16. The Morgan fingerprint density at radius 3 is 2.21 bits per heavy atom. The van der Waals surface area contributed by atoms with Crippen LogP contribution in [-0.4, -0.2) is 10.3 Å². The van der Waals surface area contributed by atoms with Crippen molar-refractivity contribution in [2.75, 3.05) is 0 Å². The number of nitrogens with zero attached hydrogens (tertiary/aromatic N) is 3. The van der Waals surface area contributed by atoms with Gasteiger partial charge < -0.3 is 4.57 Å². The lowest BCUT2D eigenvalue weighted by molar-refractivity contribution is -0.686. The number of para-hydroxylation sites is 2. The minimum absolute atomic E-state index is 0.785. The number of aliphatic imine (C=N–C) groups is 1. The largest absolute Gasteiger partial charge is 0.309 e. The highest BCUT2D eigenvalue weighted by Gasteiger charge is 2.20. The average molecular weight is 547 g/mol. The van der Waals surface area contributed by atoms with E-state index in [1.807, 2.05) is 13.0 Å². The molecule has 3 heteroatoms. The van der Waals surface area contributed by atoms with E-state index in [0.717, 1.165) is 36.3 Å². The molecule has 0 N–H and O–H groups in total. The highest BCUT2D eigenvalue weighted by atomic mass is 15.0. The highest BCUT2D eigenvalue weighted by molar-refractivity contribution is 6.10. The van der Waals surface area contributed by atoms with Gasteiger partial charge in [0.25, 0.3) is 0 Å². The Morgan fingerprint density at radius 1 is 0.810 bits per heavy atom. The van der Waals surface area contributed by atoms with Crippen LogP contribution in [0.5, 0.6) is 0 Å². The van der Waals surface area contributed by atoms with E-state index in [0.29, 0.717) is 0 Å². The molecule has 0 saturated carbocycles. The molecule has 0 aliphatic carbocycles. The number of rotatable bonds is 9. The Labute approximate surface area is 248 Å². The Morgan fingerprint density at radius 2 is 1.50 bits per heavy atom. The van der Waals surface area contributed by atoms with Crippen LogP contribution in [0.15, 0.2) is 145 Å². The van der Waals surface area contributed by atoms with Gasteiger partial charge >= 0.3 is 0 Å². The van der Waals surface area contributed by atoms with Gasteiger partial charge in [-0.3, -0.25) is 4.99 Å². The Balaban J connectivity index is 1.58. The maximum absolute atomic E-state index is 4.60. The normalized spacial score (nSPS) is 12.0. The van der Waals surface area contributed by atoms with Crippen molar-refractivity contribution < 1.29 is 4.57 Å². The van der Waals surface area contributed by atoms with Crippen molar-refractivity contribution in [3.05, 3.63) is 157 Å². The molecule has 2 aromatic heterocycles. The topological polar surface area (TPSA) is 21.2 Å². The number of hydrogen-bond donors (Lipinski definition) is 0. The lowest BCUT2D eigenvalue weighted by atomic mass is 9.92. The zero-order valence-corrected chi connectivity index (χ0v) is 24.4. The van der Waals surface area contributed by atoms with Crippen molar-refractivity contribution in [3.63, 3.8) is 0 Å². The molecule has 6 rings (SSSR count). The van der Waals surface area contributed by atoms with Gasteiger partial charge in [-0.1, -0.05) is 86.3 Å². The zero-order valence-electron chi connectivity index (χ0n) is 24.4. The van der Waals surface area contributed by atoms with E-state index in [1.165, 1.54) is 44.2 Å². The first-order valence-corrected chi connectivity index (χ1v) is 14.7. The summed E-state index contributed by atoms with van der Waals surface area (Å²) in [4.78, 5) is 4.60. The standard InChI is InChI=1S/C39H36N3/c1-4-15-36(40-6-3)32-17-8-7-16-29(32)27-30-23-24-31(28-35(30)37-20-13-14-26-41(37)25-5-2)42-38-21-11-9-18-33(38)34-19-10-12-22-39(34)42/h4,6-24,26,28H,3,5,25,27H2,1-2H3/q+1/b15-4-,40-36?. The average Bonchev–Trinajstić information content (AvgIpc) is 3.36. The molecule has 0 unspecified atom stereocenters. The quantitative estimate of drug-likeness (QED) is 0.127. The predicted octanol–water partition coefficient (Wildman–Crippen LogP) is 9.25. The molecule has 0 fully saturated rings. The molecule has 0 atom stereocenters. The molecule has 206 valence electrons. The monoisotopic (exact) mass is 546 g/mol. The number of allylic oxidation sites excluding steroid dienone is 2. The first-order valence-electron chi connectivity index (χ1n) is 14.7. The van der Waals surface area contributed by atoms with Gasteiger partial charge in [-0.15, -0.1) is 0 Å². The van der Waals surface area contributed by atoms with Gasteiger partial charge in [-0.25, -0.2) is 0 Å². The molecule has 0 spiro atoms. The third-order valence-electron chi connectivity index (χ3n) is 7.84. The van der Waals surface area contributed by atoms with Crippen LogP contribution in [0.3, 0.4) is 0 Å². The van der Waals surface area contributed by atoms with E-state index in [9.17, 15) is 0 Å². The van der Waals surface area contributed by atoms with Gasteiger partial charge in [-0.2, -0.15) is 4.57 Å². The molecule has 0 aliphatic rings. The summed E-state index contributed by atoms with van der Waals surface area (Å²) in [7, 11) is 0. The summed E-state index contributed by atoms with van der Waals surface area (Å²) in [5, 5.41) is 2.54. The van der Waals surface area contributed by atoms with Crippen molar-refractivity contribution in [2.45, 2.75) is 33.2 Å². The van der Waals surface area contributed by atoms with Gasteiger partial charge in [0.15, 0.2) is 6.20 Å². The lowest BCUT2D eigenvalue weighted by Crippen LogP contribution is -2.35. The Kier molecular flexibility index (Phi) is 7.91. The number of fused-ring (bicyclic) bond motifs is 3. The smallest absolute Gasteiger partial charge is 0.212 e. The number of aromatic nitrogens is 2. The van der Waals surface area contributed by atoms with Crippen LogP contribution in [-0.2, 0) is 13.0 Å². The van der Waals surface area contributed by atoms with Crippen LogP contribution in [0.4, 0.5) is 0 Å². The molecule has 0 aliphatic heterocycles. The fourth-order valence-corrected chi connectivity index (χ4v) is 6.04. The van der Waals surface area contributed by atoms with E-state index in [2.05, 4.69) is 149 Å². The van der Waals surface area contributed by atoms with Crippen LogP contribution < -0.4 is 4.57 Å². The minimum atomic E-state index is 0.785. The van der Waals surface area contributed by atoms with E-state index in [4.69, 9.17) is 0 Å². The third kappa shape index (κ3) is 5.10. The van der Waals surface area contributed by atoms with Crippen molar-refractivity contribution in [3.8, 4) is 16.9 Å². The summed E-state index contributed by atoms with van der Waals surface area (Å²) < 4.78 is 4.78. The number of benzene rings is 4. The van der Waals surface area contributed by atoms with Crippen molar-refractivity contribution >= 4 is 27.5 Å². The third-order valence-corrected chi connectivity index (χ3v) is 7.84. The summed E-state index contributed by atoms with van der Waals surface area (Å²) in [6.45, 7) is 9.07. The molecule has 0 saturated heterocycles. The van der Waals surface area contributed by atoms with Gasteiger partial charge in [0.05, 0.1) is 22.3 Å². The van der Waals surface area contributed by atoms with Gasteiger partial charge in [-0.05, 0) is 60.9 Å². The summed E-state index contributed by atoms with van der Waals surface area (Å²) in [5.41, 5.74) is 10.6. The van der Waals surface area contributed by atoms with Crippen LogP contribution >= 0.6 is 0 Å². The maximum Gasteiger partial charge on any atom is 0.212 e. The molecule has 4 aromatic carbocycles. The second-order valence-electron chi connectivity index (χ2n) is 10.5. The molecule has 2 heterocycles. The highest BCUT2D eigenvalue weighted by Crippen LogP contribution is 2.34. The zero-order chi connectivity index (χ0) is 28.9. The maximum atomic E-state index is 4.60. The second-order valence-corrected chi connectivity index (χ2v) is 10.5. The first-order chi connectivity index (χ1) is 20.7. The van der Waals surface area contributed by atoms with E-state index >= 15 is 0 Å². The van der Waals surface area contributed by atoms with Crippen LogP contribution in [0.1, 0.15) is 37.0 Å². The van der Waals surface area contributed by atoms with E-state index < -0.39 is 0 Å². The number of pyridine rings is 1. The van der Waals surface area contributed by atoms with Crippen molar-refractivity contribution in [1.82, 2.24) is 4.57 Å². The summed E-state index contributed by atoms with van der Waals surface area (Å²) >= 11 is 0. The molecule has 3 nitrogen and oxygen atoms in total. The summed E-state index contributed by atoms with van der Waals surface area (Å²) in [5.74, 6) is 0. The SMILES string of the molecule is C=CN=C(/C=C\C)c1ccccc1Cc1ccc(-n2c3ccccc3c3ccccc32)cc1-c1cccc[n+]1CCC. The van der Waals surface area contributed by atoms with Crippen molar-refractivity contribution in [1.29, 1.82) is 0 Å². The van der Waals surface area contributed by atoms with E-state index in [1.54, 1.807) is 6.20 Å². The van der Waals surface area contributed by atoms with Crippen LogP contribution in [0, 0.1) is 0 Å². The first kappa shape index (κ1) is 27.2. The molecular weight excluding hydrogens is 510 g/mol. The molecule has 42 heavy (non-hydrogen) atoms. The number of aryl methyl sites for hydroxylation is 1.